The summed E-state index contributed by atoms with van der Waals surface area (Å²) in [5.74, 6) is 0.331. The molecule has 0 saturated carbocycles. The summed E-state index contributed by atoms with van der Waals surface area (Å²) in [4.78, 5) is 18.9. The van der Waals surface area contributed by atoms with Crippen molar-refractivity contribution in [2.75, 3.05) is 12.3 Å². The molecule has 7 nitrogen and oxygen atoms in total. The number of aryl methyl sites for hydroxylation is 1. The van der Waals surface area contributed by atoms with E-state index in [1.54, 1.807) is 17.2 Å². The van der Waals surface area contributed by atoms with Gasteiger partial charge >= 0.3 is 0 Å². The van der Waals surface area contributed by atoms with Crippen LogP contribution >= 0.6 is 0 Å². The molecule has 1 amide bonds. The Balaban J connectivity index is 1.54. The summed E-state index contributed by atoms with van der Waals surface area (Å²) in [6.07, 6.45) is 4.89. The number of carbonyl (C=O) groups excluding carboxylic acids is 1. The van der Waals surface area contributed by atoms with Crippen LogP contribution in [0.3, 0.4) is 0 Å². The fourth-order valence-corrected chi connectivity index (χ4v) is 3.91. The van der Waals surface area contributed by atoms with Crippen LogP contribution in [-0.4, -0.2) is 32.1 Å². The molecule has 0 aliphatic carbocycles. The first-order chi connectivity index (χ1) is 14.0. The predicted octanol–water partition coefficient (Wildman–Crippen LogP) is 3.48. The van der Waals surface area contributed by atoms with Crippen molar-refractivity contribution >= 4 is 28.1 Å². The molecule has 3 heterocycles. The van der Waals surface area contributed by atoms with Gasteiger partial charge in [-0.25, -0.2) is 4.98 Å². The van der Waals surface area contributed by atoms with Crippen molar-refractivity contribution in [1.82, 2.24) is 19.7 Å². The normalized spacial score (nSPS) is 13.3. The van der Waals surface area contributed by atoms with E-state index in [4.69, 9.17) is 10.2 Å². The van der Waals surface area contributed by atoms with E-state index in [1.165, 1.54) is 6.26 Å². The molecule has 7 heteroatoms. The van der Waals surface area contributed by atoms with E-state index in [9.17, 15) is 4.79 Å². The number of nitrogen functional groups attached to an aromatic ring is 1. The SMILES string of the molecule is C=C(CN1Cc2c(-c3ccc4cnn(C)c4c3)ccc(N)c2C1=O)c1ncco1. The number of nitrogens with zero attached hydrogens (tertiary/aromatic N) is 4. The minimum absolute atomic E-state index is 0.103. The van der Waals surface area contributed by atoms with E-state index in [0.29, 0.717) is 35.8 Å². The number of carbonyl (C=O) groups is 1. The molecule has 0 atom stereocenters. The maximum absolute atomic E-state index is 13.1. The molecule has 0 fully saturated rings. The van der Waals surface area contributed by atoms with Gasteiger partial charge in [0.2, 0.25) is 5.89 Å². The van der Waals surface area contributed by atoms with Crippen molar-refractivity contribution in [3.63, 3.8) is 0 Å². The van der Waals surface area contributed by atoms with Gasteiger partial charge in [0.05, 0.1) is 30.0 Å². The third-order valence-electron chi connectivity index (χ3n) is 5.37. The largest absolute Gasteiger partial charge is 0.445 e. The summed E-state index contributed by atoms with van der Waals surface area (Å²) in [6, 6.07) is 9.96. The Morgan fingerprint density at radius 3 is 2.97 bits per heavy atom. The highest BCUT2D eigenvalue weighted by Gasteiger charge is 2.32. The Bertz CT molecular complexity index is 1270. The first-order valence-corrected chi connectivity index (χ1v) is 9.23. The highest BCUT2D eigenvalue weighted by molar-refractivity contribution is 6.06. The molecule has 1 aliphatic heterocycles. The fraction of sp³-hybridized carbons (Fsp3) is 0.136. The van der Waals surface area contributed by atoms with Crippen molar-refractivity contribution in [2.24, 2.45) is 7.05 Å². The summed E-state index contributed by atoms with van der Waals surface area (Å²) in [6.45, 7) is 4.79. The molecule has 29 heavy (non-hydrogen) atoms. The number of oxazole rings is 1. The van der Waals surface area contributed by atoms with E-state index < -0.39 is 0 Å². The van der Waals surface area contributed by atoms with E-state index in [-0.39, 0.29) is 5.91 Å². The highest BCUT2D eigenvalue weighted by atomic mass is 16.3. The molecule has 144 valence electrons. The lowest BCUT2D eigenvalue weighted by atomic mass is 9.95. The number of hydrogen-bond donors (Lipinski definition) is 1. The van der Waals surface area contributed by atoms with Crippen LogP contribution in [0.4, 0.5) is 5.69 Å². The first kappa shape index (κ1) is 17.2. The van der Waals surface area contributed by atoms with Gasteiger partial charge in [-0.2, -0.15) is 5.10 Å². The smallest absolute Gasteiger partial charge is 0.256 e. The van der Waals surface area contributed by atoms with Crippen molar-refractivity contribution in [3.05, 3.63) is 72.6 Å². The molecule has 2 aromatic heterocycles. The Morgan fingerprint density at radius 1 is 1.31 bits per heavy atom. The zero-order chi connectivity index (χ0) is 20.1. The van der Waals surface area contributed by atoms with Gasteiger partial charge in [-0.15, -0.1) is 0 Å². The number of fused-ring (bicyclic) bond motifs is 2. The maximum Gasteiger partial charge on any atom is 0.256 e. The second-order valence-electron chi connectivity index (χ2n) is 7.20. The van der Waals surface area contributed by atoms with Crippen LogP contribution in [0.25, 0.3) is 27.6 Å². The third kappa shape index (κ3) is 2.70. The first-order valence-electron chi connectivity index (χ1n) is 9.23. The number of nitrogens with two attached hydrogens (primary N) is 1. The number of benzene rings is 2. The van der Waals surface area contributed by atoms with Crippen LogP contribution in [0.1, 0.15) is 21.8 Å². The number of amides is 1. The zero-order valence-corrected chi connectivity index (χ0v) is 15.9. The van der Waals surface area contributed by atoms with Crippen LogP contribution in [0, 0.1) is 0 Å². The molecule has 0 saturated heterocycles. The lowest BCUT2D eigenvalue weighted by molar-refractivity contribution is 0.0799. The van der Waals surface area contributed by atoms with Gasteiger partial charge in [0.1, 0.15) is 6.26 Å². The Labute approximate surface area is 167 Å². The van der Waals surface area contributed by atoms with Crippen molar-refractivity contribution < 1.29 is 9.21 Å². The molecule has 2 aromatic carbocycles. The number of aromatic nitrogens is 3. The van der Waals surface area contributed by atoms with Gasteiger partial charge in [-0.1, -0.05) is 24.8 Å². The molecular formula is C22H19N5O2. The molecule has 2 N–H and O–H groups in total. The Kier molecular flexibility index (Phi) is 3.77. The number of anilines is 1. The quantitative estimate of drug-likeness (QED) is 0.543. The lowest BCUT2D eigenvalue weighted by Crippen LogP contribution is -2.26. The summed E-state index contributed by atoms with van der Waals surface area (Å²) in [5.41, 5.74) is 11.9. The van der Waals surface area contributed by atoms with Crippen LogP contribution in [0.2, 0.25) is 0 Å². The summed E-state index contributed by atoms with van der Waals surface area (Å²) < 4.78 is 7.14. The van der Waals surface area contributed by atoms with Crippen molar-refractivity contribution in [1.29, 1.82) is 0 Å². The van der Waals surface area contributed by atoms with E-state index in [1.807, 2.05) is 30.1 Å². The number of rotatable bonds is 4. The van der Waals surface area contributed by atoms with Crippen molar-refractivity contribution in [2.45, 2.75) is 6.54 Å². The second kappa shape index (κ2) is 6.34. The molecule has 0 unspecified atom stereocenters. The molecular weight excluding hydrogens is 366 g/mol. The van der Waals surface area contributed by atoms with Gasteiger partial charge < -0.3 is 15.1 Å². The van der Waals surface area contributed by atoms with Crippen molar-refractivity contribution in [3.8, 4) is 11.1 Å². The summed E-state index contributed by atoms with van der Waals surface area (Å²) in [5, 5.41) is 5.38. The molecule has 4 aromatic rings. The molecule has 1 aliphatic rings. The Morgan fingerprint density at radius 2 is 2.17 bits per heavy atom. The van der Waals surface area contributed by atoms with Gasteiger partial charge in [0.15, 0.2) is 0 Å². The molecule has 0 bridgehead atoms. The zero-order valence-electron chi connectivity index (χ0n) is 15.9. The average Bonchev–Trinajstić information content (AvgIpc) is 3.44. The van der Waals surface area contributed by atoms with E-state index in [0.717, 1.165) is 27.6 Å². The van der Waals surface area contributed by atoms with Crippen LogP contribution in [0.15, 0.2) is 60.0 Å². The van der Waals surface area contributed by atoms with Crippen LogP contribution in [0.5, 0.6) is 0 Å². The maximum atomic E-state index is 13.1. The van der Waals surface area contributed by atoms with Gasteiger partial charge in [-0.05, 0) is 28.8 Å². The van der Waals surface area contributed by atoms with Crippen LogP contribution in [-0.2, 0) is 13.6 Å². The second-order valence-corrected chi connectivity index (χ2v) is 7.20. The predicted molar refractivity (Wildman–Crippen MR) is 111 cm³/mol. The lowest BCUT2D eigenvalue weighted by Gasteiger charge is -2.16. The summed E-state index contributed by atoms with van der Waals surface area (Å²) in [7, 11) is 1.92. The van der Waals surface area contributed by atoms with E-state index >= 15 is 0 Å². The third-order valence-corrected chi connectivity index (χ3v) is 5.37. The minimum Gasteiger partial charge on any atom is -0.445 e. The monoisotopic (exact) mass is 385 g/mol. The van der Waals surface area contributed by atoms with Crippen LogP contribution < -0.4 is 5.73 Å². The molecule has 0 radical (unpaired) electrons. The van der Waals surface area contributed by atoms with Gasteiger partial charge in [0.25, 0.3) is 5.91 Å². The molecule has 5 rings (SSSR count). The topological polar surface area (TPSA) is 90.2 Å². The Hall–Kier alpha value is -3.87. The minimum atomic E-state index is -0.103. The molecule has 0 spiro atoms. The van der Waals surface area contributed by atoms with E-state index in [2.05, 4.69) is 28.8 Å². The average molecular weight is 385 g/mol. The summed E-state index contributed by atoms with van der Waals surface area (Å²) >= 11 is 0. The number of hydrogen-bond acceptors (Lipinski definition) is 5. The standard InChI is InChI=1S/C22H19N5O2/c1-13(21-24-7-8-29-21)11-27-12-17-16(5-6-18(23)20(17)22(27)28)14-3-4-15-10-25-26(2)19(15)9-14/h3-10H,1,11-12,23H2,2H3. The van der Waals surface area contributed by atoms with Gasteiger partial charge in [-0.3, -0.25) is 9.48 Å². The van der Waals surface area contributed by atoms with Gasteiger partial charge in [0, 0.05) is 30.2 Å². The highest BCUT2D eigenvalue weighted by Crippen LogP contribution is 2.37. The fourth-order valence-electron chi connectivity index (χ4n) is 3.91.